The summed E-state index contributed by atoms with van der Waals surface area (Å²) < 4.78 is 10.0. The van der Waals surface area contributed by atoms with Crippen LogP contribution >= 0.6 is 22.7 Å². The number of methoxy groups -OCH3 is 1. The molecule has 186 valence electrons. The number of hydrogen-bond acceptors (Lipinski definition) is 10. The summed E-state index contributed by atoms with van der Waals surface area (Å²) in [6.45, 7) is 3.36. The first kappa shape index (κ1) is 24.2. The van der Waals surface area contributed by atoms with Gasteiger partial charge in [-0.05, 0) is 43.0 Å². The van der Waals surface area contributed by atoms with E-state index in [0.29, 0.717) is 11.3 Å². The number of benzene rings is 1. The topological polar surface area (TPSA) is 102 Å². The zero-order valence-electron chi connectivity index (χ0n) is 19.6. The molecule has 2 aromatic heterocycles. The lowest BCUT2D eigenvalue weighted by atomic mass is 9.95. The SMILES string of the molecule is CCOC(=O)c1sc(N2C(=O)C3ON(c4ccccc4)C(c4cccs4)C3C2=O)c(C(=O)OC)c1C. The summed E-state index contributed by atoms with van der Waals surface area (Å²) in [5, 5.41) is 3.54. The third-order valence-electron chi connectivity index (χ3n) is 6.14. The summed E-state index contributed by atoms with van der Waals surface area (Å²) in [5.74, 6) is -3.36. The summed E-state index contributed by atoms with van der Waals surface area (Å²) in [7, 11) is 1.20. The molecule has 0 radical (unpaired) electrons. The minimum atomic E-state index is -1.09. The molecule has 9 nitrogen and oxygen atoms in total. The van der Waals surface area contributed by atoms with E-state index in [9.17, 15) is 19.2 Å². The van der Waals surface area contributed by atoms with Gasteiger partial charge in [-0.3, -0.25) is 14.4 Å². The Morgan fingerprint density at radius 3 is 2.44 bits per heavy atom. The third-order valence-corrected chi connectivity index (χ3v) is 8.34. The standard InChI is InChI=1S/C25H22N2O7S2/c1-4-33-25(31)20-13(2)16(24(30)32-3)23(36-20)26-21(28)17-18(15-11-8-12-35-15)27(34-19(17)22(26)29)14-9-6-5-7-10-14/h5-12,17-19H,4H2,1-3H3. The molecule has 36 heavy (non-hydrogen) atoms. The highest BCUT2D eigenvalue weighted by Crippen LogP contribution is 2.50. The molecule has 2 amide bonds. The van der Waals surface area contributed by atoms with Crippen LogP contribution in [0, 0.1) is 12.8 Å². The van der Waals surface area contributed by atoms with Crippen molar-refractivity contribution in [1.29, 1.82) is 0 Å². The van der Waals surface area contributed by atoms with E-state index < -0.39 is 41.8 Å². The highest BCUT2D eigenvalue weighted by atomic mass is 32.1. The van der Waals surface area contributed by atoms with Gasteiger partial charge < -0.3 is 9.47 Å². The van der Waals surface area contributed by atoms with Crippen molar-refractivity contribution in [3.05, 3.63) is 68.7 Å². The normalized spacial score (nSPS) is 21.1. The van der Waals surface area contributed by atoms with E-state index >= 15 is 0 Å². The number of hydrogen-bond donors (Lipinski definition) is 0. The fourth-order valence-electron chi connectivity index (χ4n) is 4.55. The second-order valence-electron chi connectivity index (χ2n) is 8.13. The van der Waals surface area contributed by atoms with E-state index in [1.54, 1.807) is 18.9 Å². The third kappa shape index (κ3) is 3.71. The molecule has 3 unspecified atom stereocenters. The number of ether oxygens (including phenoxy) is 2. The fraction of sp³-hybridized carbons (Fsp3) is 0.280. The van der Waals surface area contributed by atoms with Gasteiger partial charge >= 0.3 is 11.9 Å². The predicted molar refractivity (Wildman–Crippen MR) is 133 cm³/mol. The van der Waals surface area contributed by atoms with Gasteiger partial charge in [0.2, 0.25) is 5.91 Å². The maximum Gasteiger partial charge on any atom is 0.348 e. The van der Waals surface area contributed by atoms with Crippen molar-refractivity contribution in [2.75, 3.05) is 23.7 Å². The minimum Gasteiger partial charge on any atom is -0.465 e. The van der Waals surface area contributed by atoms with Gasteiger partial charge in [0.15, 0.2) is 6.10 Å². The molecule has 1 aromatic carbocycles. The number of hydroxylamine groups is 1. The van der Waals surface area contributed by atoms with Gasteiger partial charge in [-0.1, -0.05) is 24.3 Å². The number of anilines is 2. The molecule has 0 bridgehead atoms. The van der Waals surface area contributed by atoms with Crippen molar-refractivity contribution >= 4 is 57.1 Å². The number of thiophene rings is 2. The quantitative estimate of drug-likeness (QED) is 0.349. The molecule has 11 heteroatoms. The van der Waals surface area contributed by atoms with Crippen molar-refractivity contribution in [2.45, 2.75) is 26.0 Å². The van der Waals surface area contributed by atoms with Gasteiger partial charge in [-0.15, -0.1) is 22.7 Å². The Bertz CT molecular complexity index is 1340. The van der Waals surface area contributed by atoms with Crippen LogP contribution in [0.3, 0.4) is 0 Å². The van der Waals surface area contributed by atoms with Crippen LogP contribution in [0.5, 0.6) is 0 Å². The molecular formula is C25H22N2O7S2. The largest absolute Gasteiger partial charge is 0.465 e. The highest BCUT2D eigenvalue weighted by Gasteiger charge is 2.61. The van der Waals surface area contributed by atoms with Crippen LogP contribution in [0.15, 0.2) is 47.8 Å². The van der Waals surface area contributed by atoms with Crippen molar-refractivity contribution in [1.82, 2.24) is 0 Å². The first-order valence-electron chi connectivity index (χ1n) is 11.2. The maximum absolute atomic E-state index is 13.9. The zero-order valence-corrected chi connectivity index (χ0v) is 21.3. The Morgan fingerprint density at radius 2 is 1.81 bits per heavy atom. The molecule has 3 aromatic rings. The molecule has 2 aliphatic heterocycles. The van der Waals surface area contributed by atoms with Gasteiger partial charge in [0, 0.05) is 4.88 Å². The Balaban J connectivity index is 1.59. The molecule has 3 atom stereocenters. The van der Waals surface area contributed by atoms with Gasteiger partial charge in [0.25, 0.3) is 5.91 Å². The van der Waals surface area contributed by atoms with Gasteiger partial charge in [0.05, 0.1) is 25.0 Å². The lowest BCUT2D eigenvalue weighted by Gasteiger charge is -2.27. The van der Waals surface area contributed by atoms with E-state index in [4.69, 9.17) is 14.3 Å². The molecular weight excluding hydrogens is 504 g/mol. The first-order valence-corrected chi connectivity index (χ1v) is 12.9. The highest BCUT2D eigenvalue weighted by molar-refractivity contribution is 7.19. The number of para-hydroxylation sites is 1. The van der Waals surface area contributed by atoms with Crippen LogP contribution in [0.1, 0.15) is 43.4 Å². The lowest BCUT2D eigenvalue weighted by Crippen LogP contribution is -2.37. The van der Waals surface area contributed by atoms with E-state index in [1.807, 2.05) is 47.8 Å². The van der Waals surface area contributed by atoms with E-state index in [-0.39, 0.29) is 22.0 Å². The van der Waals surface area contributed by atoms with E-state index in [2.05, 4.69) is 0 Å². The van der Waals surface area contributed by atoms with Crippen LogP contribution in [0.25, 0.3) is 0 Å². The minimum absolute atomic E-state index is 0.0141. The smallest absolute Gasteiger partial charge is 0.348 e. The van der Waals surface area contributed by atoms with Crippen LogP contribution in [-0.2, 0) is 23.9 Å². The van der Waals surface area contributed by atoms with Crippen LogP contribution in [-0.4, -0.2) is 43.6 Å². The first-order chi connectivity index (χ1) is 17.4. The zero-order chi connectivity index (χ0) is 25.6. The van der Waals surface area contributed by atoms with Crippen LogP contribution < -0.4 is 9.96 Å². The summed E-state index contributed by atoms with van der Waals surface area (Å²) in [6.07, 6.45) is -1.09. The predicted octanol–water partition coefficient (Wildman–Crippen LogP) is 4.13. The molecule has 5 rings (SSSR count). The van der Waals surface area contributed by atoms with Crippen molar-refractivity contribution < 1.29 is 33.5 Å². The van der Waals surface area contributed by atoms with Gasteiger partial charge in [-0.2, -0.15) is 0 Å². The average Bonchev–Trinajstić information content (AvgIpc) is 3.64. The number of imide groups is 1. The molecule has 2 fully saturated rings. The second kappa shape index (κ2) is 9.49. The summed E-state index contributed by atoms with van der Waals surface area (Å²) in [4.78, 5) is 60.9. The van der Waals surface area contributed by atoms with Crippen molar-refractivity contribution in [3.8, 4) is 0 Å². The fourth-order valence-corrected chi connectivity index (χ4v) is 6.60. The van der Waals surface area contributed by atoms with E-state index in [0.717, 1.165) is 21.1 Å². The molecule has 2 saturated heterocycles. The maximum atomic E-state index is 13.9. The van der Waals surface area contributed by atoms with Crippen molar-refractivity contribution in [3.63, 3.8) is 0 Å². The second-order valence-corrected chi connectivity index (χ2v) is 10.1. The number of nitrogens with zero attached hydrogens (tertiary/aromatic N) is 2. The summed E-state index contributed by atoms with van der Waals surface area (Å²) >= 11 is 2.32. The molecule has 4 heterocycles. The van der Waals surface area contributed by atoms with Gasteiger partial charge in [0.1, 0.15) is 21.8 Å². The number of amides is 2. The Hall–Kier alpha value is -3.54. The number of rotatable bonds is 6. The van der Waals surface area contributed by atoms with Gasteiger partial charge in [-0.25, -0.2) is 19.6 Å². The average molecular weight is 527 g/mol. The lowest BCUT2D eigenvalue weighted by molar-refractivity contribution is -0.126. The summed E-state index contributed by atoms with van der Waals surface area (Å²) in [5.41, 5.74) is 0.990. The summed E-state index contributed by atoms with van der Waals surface area (Å²) in [6, 6.07) is 12.5. The monoisotopic (exact) mass is 526 g/mol. The van der Waals surface area contributed by atoms with E-state index in [1.165, 1.54) is 18.4 Å². The number of carbonyl (C=O) groups excluding carboxylic acids is 4. The molecule has 2 aliphatic rings. The van der Waals surface area contributed by atoms with Crippen LogP contribution in [0.4, 0.5) is 10.7 Å². The molecule has 0 N–H and O–H groups in total. The van der Waals surface area contributed by atoms with Crippen LogP contribution in [0.2, 0.25) is 0 Å². The number of esters is 2. The number of fused-ring (bicyclic) bond motifs is 1. The molecule has 0 spiro atoms. The Kier molecular flexibility index (Phi) is 6.37. The number of carbonyl (C=O) groups is 4. The Labute approximate surface area is 214 Å². The molecule has 0 aliphatic carbocycles. The molecule has 0 saturated carbocycles. The van der Waals surface area contributed by atoms with Crippen molar-refractivity contribution in [2.24, 2.45) is 5.92 Å². The Morgan fingerprint density at radius 1 is 1.06 bits per heavy atom.